The number of aliphatic hydroxyl groups excluding tert-OH is 1. The summed E-state index contributed by atoms with van der Waals surface area (Å²) in [5, 5.41) is 14.1. The molecule has 1 aromatic heterocycles. The number of H-pyrrole nitrogens is 1. The van der Waals surface area contributed by atoms with Gasteiger partial charge in [0.05, 0.1) is 6.10 Å². The Hall–Kier alpha value is -2.01. The lowest BCUT2D eigenvalue weighted by molar-refractivity contribution is 0.114. The van der Waals surface area contributed by atoms with Crippen LogP contribution in [0.5, 0.6) is 0 Å². The van der Waals surface area contributed by atoms with E-state index < -0.39 is 0 Å². The predicted octanol–water partition coefficient (Wildman–Crippen LogP) is 2.82. The molecule has 0 saturated heterocycles. The third-order valence-electron chi connectivity index (χ3n) is 5.15. The highest BCUT2D eigenvalue weighted by Crippen LogP contribution is 2.26. The fourth-order valence-corrected chi connectivity index (χ4v) is 3.67. The Balaban J connectivity index is 1.50. The average molecular weight is 329 g/mol. The molecule has 5 nitrogen and oxygen atoms in total. The molecule has 0 bridgehead atoms. The molecule has 1 aliphatic rings. The zero-order valence-corrected chi connectivity index (χ0v) is 14.5. The molecule has 2 atom stereocenters. The average Bonchev–Trinajstić information content (AvgIpc) is 3.15. The largest absolute Gasteiger partial charge is 0.393 e. The number of hydrogen-bond acceptors (Lipinski definition) is 2. The second-order valence-electron chi connectivity index (χ2n) is 6.93. The number of nitrogens with zero attached hydrogens (tertiary/aromatic N) is 1. The number of urea groups is 1. The molecule has 2 amide bonds. The van der Waals surface area contributed by atoms with Crippen molar-refractivity contribution in [2.75, 3.05) is 20.1 Å². The minimum absolute atomic E-state index is 0.0647. The number of fused-ring (bicyclic) bond motifs is 1. The van der Waals surface area contributed by atoms with Crippen LogP contribution >= 0.6 is 0 Å². The molecular formula is C19H27N3O2. The summed E-state index contributed by atoms with van der Waals surface area (Å²) in [5.41, 5.74) is 3.63. The van der Waals surface area contributed by atoms with E-state index in [1.54, 1.807) is 11.9 Å². The molecule has 1 aromatic carbocycles. The van der Waals surface area contributed by atoms with Gasteiger partial charge in [0.2, 0.25) is 0 Å². The molecule has 5 heteroatoms. The van der Waals surface area contributed by atoms with Crippen molar-refractivity contribution < 1.29 is 9.90 Å². The summed E-state index contributed by atoms with van der Waals surface area (Å²) in [4.78, 5) is 17.2. The Morgan fingerprint density at radius 3 is 3.00 bits per heavy atom. The van der Waals surface area contributed by atoms with Crippen LogP contribution in [0.3, 0.4) is 0 Å². The molecule has 1 saturated carbocycles. The molecule has 1 fully saturated rings. The van der Waals surface area contributed by atoms with E-state index in [4.69, 9.17) is 0 Å². The Labute approximate surface area is 143 Å². The van der Waals surface area contributed by atoms with E-state index in [1.807, 2.05) is 6.20 Å². The molecule has 24 heavy (non-hydrogen) atoms. The van der Waals surface area contributed by atoms with Gasteiger partial charge in [0.25, 0.3) is 0 Å². The minimum atomic E-state index is -0.255. The lowest BCUT2D eigenvalue weighted by Crippen LogP contribution is -2.41. The van der Waals surface area contributed by atoms with Gasteiger partial charge < -0.3 is 20.3 Å². The predicted molar refractivity (Wildman–Crippen MR) is 96.1 cm³/mol. The number of carbonyl (C=O) groups excluding carboxylic acids is 1. The number of amides is 2. The van der Waals surface area contributed by atoms with Crippen LogP contribution in [0.15, 0.2) is 24.4 Å². The minimum Gasteiger partial charge on any atom is -0.393 e. The molecule has 2 unspecified atom stereocenters. The number of carbonyl (C=O) groups is 1. The van der Waals surface area contributed by atoms with E-state index in [2.05, 4.69) is 35.4 Å². The van der Waals surface area contributed by atoms with E-state index in [0.717, 1.165) is 25.7 Å². The maximum absolute atomic E-state index is 12.2. The molecular weight excluding hydrogens is 302 g/mol. The van der Waals surface area contributed by atoms with Crippen LogP contribution in [0.25, 0.3) is 10.9 Å². The summed E-state index contributed by atoms with van der Waals surface area (Å²) >= 11 is 0. The van der Waals surface area contributed by atoms with Crippen LogP contribution in [0.4, 0.5) is 4.79 Å². The maximum atomic E-state index is 12.2. The normalized spacial score (nSPS) is 20.5. The quantitative estimate of drug-likeness (QED) is 0.789. The number of para-hydroxylation sites is 1. The zero-order chi connectivity index (χ0) is 17.1. The lowest BCUT2D eigenvalue weighted by Gasteiger charge is -2.23. The molecule has 0 aliphatic heterocycles. The number of rotatable bonds is 5. The molecule has 2 aromatic rings. The van der Waals surface area contributed by atoms with Crippen LogP contribution in [-0.4, -0.2) is 47.3 Å². The summed E-state index contributed by atoms with van der Waals surface area (Å²) in [6.45, 7) is 3.33. The van der Waals surface area contributed by atoms with Crippen molar-refractivity contribution in [1.82, 2.24) is 15.2 Å². The van der Waals surface area contributed by atoms with Crippen LogP contribution in [0.2, 0.25) is 0 Å². The fraction of sp³-hybridized carbons (Fsp3) is 0.526. The number of benzene rings is 1. The van der Waals surface area contributed by atoms with E-state index in [-0.39, 0.29) is 18.1 Å². The van der Waals surface area contributed by atoms with Crippen molar-refractivity contribution in [3.05, 3.63) is 35.5 Å². The molecule has 130 valence electrons. The van der Waals surface area contributed by atoms with Gasteiger partial charge in [-0.1, -0.05) is 24.6 Å². The molecule has 1 heterocycles. The van der Waals surface area contributed by atoms with Gasteiger partial charge in [0.15, 0.2) is 0 Å². The molecule has 0 radical (unpaired) electrons. The van der Waals surface area contributed by atoms with E-state index in [9.17, 15) is 9.90 Å². The van der Waals surface area contributed by atoms with Crippen molar-refractivity contribution in [3.8, 4) is 0 Å². The smallest absolute Gasteiger partial charge is 0.317 e. The van der Waals surface area contributed by atoms with Crippen molar-refractivity contribution in [2.45, 2.75) is 38.7 Å². The first-order valence-corrected chi connectivity index (χ1v) is 8.79. The lowest BCUT2D eigenvalue weighted by atomic mass is 10.1. The first-order chi connectivity index (χ1) is 11.6. The monoisotopic (exact) mass is 329 g/mol. The standard InChI is InChI=1S/C19H27N3O2/c1-13-5-3-7-16-14(11-21-18(13)16)9-10-20-19(24)22(2)12-15-6-4-8-17(15)23/h3,5,7,11,15,17,21,23H,4,6,8-10,12H2,1-2H3,(H,20,24). The van der Waals surface area contributed by atoms with Crippen molar-refractivity contribution >= 4 is 16.9 Å². The number of nitrogens with one attached hydrogen (secondary N) is 2. The zero-order valence-electron chi connectivity index (χ0n) is 14.5. The summed E-state index contributed by atoms with van der Waals surface area (Å²) in [5.74, 6) is 0.220. The van der Waals surface area contributed by atoms with Gasteiger partial charge in [-0.2, -0.15) is 0 Å². The third-order valence-corrected chi connectivity index (χ3v) is 5.15. The number of hydrogen-bond donors (Lipinski definition) is 3. The van der Waals surface area contributed by atoms with Gasteiger partial charge in [-0.25, -0.2) is 4.79 Å². The van der Waals surface area contributed by atoms with Crippen LogP contribution in [0, 0.1) is 12.8 Å². The molecule has 1 aliphatic carbocycles. The number of aliphatic hydroxyl groups is 1. The Morgan fingerprint density at radius 2 is 2.25 bits per heavy atom. The van der Waals surface area contributed by atoms with Gasteiger partial charge >= 0.3 is 6.03 Å². The Morgan fingerprint density at radius 1 is 1.42 bits per heavy atom. The van der Waals surface area contributed by atoms with E-state index in [1.165, 1.54) is 22.0 Å². The number of aromatic amines is 1. The van der Waals surface area contributed by atoms with Crippen molar-refractivity contribution in [2.24, 2.45) is 5.92 Å². The van der Waals surface area contributed by atoms with Gasteiger partial charge in [0.1, 0.15) is 0 Å². The highest BCUT2D eigenvalue weighted by atomic mass is 16.3. The van der Waals surface area contributed by atoms with Gasteiger partial charge in [-0.15, -0.1) is 0 Å². The highest BCUT2D eigenvalue weighted by molar-refractivity contribution is 5.85. The second kappa shape index (κ2) is 7.26. The van der Waals surface area contributed by atoms with Crippen LogP contribution < -0.4 is 5.32 Å². The van der Waals surface area contributed by atoms with Crippen molar-refractivity contribution in [1.29, 1.82) is 0 Å². The molecule has 3 rings (SSSR count). The summed E-state index contributed by atoms with van der Waals surface area (Å²) in [6.07, 6.45) is 5.50. The second-order valence-corrected chi connectivity index (χ2v) is 6.93. The van der Waals surface area contributed by atoms with Gasteiger partial charge in [-0.05, 0) is 37.3 Å². The van der Waals surface area contributed by atoms with Crippen molar-refractivity contribution in [3.63, 3.8) is 0 Å². The summed E-state index contributed by atoms with van der Waals surface area (Å²) < 4.78 is 0. The maximum Gasteiger partial charge on any atom is 0.317 e. The summed E-state index contributed by atoms with van der Waals surface area (Å²) in [7, 11) is 1.80. The third kappa shape index (κ3) is 3.56. The number of aromatic nitrogens is 1. The van der Waals surface area contributed by atoms with Crippen LogP contribution in [0.1, 0.15) is 30.4 Å². The first-order valence-electron chi connectivity index (χ1n) is 8.79. The Bertz CT molecular complexity index is 710. The molecule has 3 N–H and O–H groups in total. The van der Waals surface area contributed by atoms with E-state index in [0.29, 0.717) is 13.1 Å². The van der Waals surface area contributed by atoms with Crippen LogP contribution in [-0.2, 0) is 6.42 Å². The number of aryl methyl sites for hydroxylation is 1. The Kier molecular flexibility index (Phi) is 5.09. The topological polar surface area (TPSA) is 68.4 Å². The highest BCUT2D eigenvalue weighted by Gasteiger charge is 2.27. The van der Waals surface area contributed by atoms with Gasteiger partial charge in [0, 0.05) is 43.2 Å². The first kappa shape index (κ1) is 16.8. The molecule has 0 spiro atoms. The SMILES string of the molecule is Cc1cccc2c(CCNC(=O)N(C)CC3CCCC3O)c[nH]c12. The van der Waals surface area contributed by atoms with E-state index >= 15 is 0 Å². The fourth-order valence-electron chi connectivity index (χ4n) is 3.67. The van der Waals surface area contributed by atoms with Gasteiger partial charge in [-0.3, -0.25) is 0 Å². The summed E-state index contributed by atoms with van der Waals surface area (Å²) in [6, 6.07) is 6.21.